The molecule has 2 aliphatic rings. The van der Waals surface area contributed by atoms with Crippen LogP contribution in [0.15, 0.2) is 54.6 Å². The van der Waals surface area contributed by atoms with E-state index in [-0.39, 0.29) is 12.5 Å². The number of likely N-dealkylation sites (tertiary alicyclic amines) is 1. The monoisotopic (exact) mass is 405 g/mol. The molecule has 2 aromatic carbocycles. The highest BCUT2D eigenvalue weighted by Crippen LogP contribution is 2.22. The van der Waals surface area contributed by atoms with Gasteiger partial charge in [-0.25, -0.2) is 0 Å². The van der Waals surface area contributed by atoms with E-state index in [0.29, 0.717) is 23.6 Å². The van der Waals surface area contributed by atoms with Crippen molar-refractivity contribution in [3.63, 3.8) is 0 Å². The molecule has 0 atom stereocenters. The smallest absolute Gasteiger partial charge is 0.262 e. The lowest BCUT2D eigenvalue weighted by Crippen LogP contribution is -2.43. The molecule has 0 radical (unpaired) electrons. The Kier molecular flexibility index (Phi) is 6.23. The molecule has 6 nitrogen and oxygen atoms in total. The first-order chi connectivity index (χ1) is 14.6. The molecule has 2 aliphatic heterocycles. The minimum Gasteiger partial charge on any atom is -0.354 e. The molecule has 156 valence electrons. The minimum absolute atomic E-state index is 0.220. The fourth-order valence-corrected chi connectivity index (χ4v) is 4.19. The zero-order valence-electron chi connectivity index (χ0n) is 17.0. The summed E-state index contributed by atoms with van der Waals surface area (Å²) in [5.74, 6) is -0.630. The van der Waals surface area contributed by atoms with Crippen molar-refractivity contribution >= 4 is 17.7 Å². The van der Waals surface area contributed by atoms with Crippen molar-refractivity contribution in [2.24, 2.45) is 5.92 Å². The molecule has 2 heterocycles. The van der Waals surface area contributed by atoms with Gasteiger partial charge < -0.3 is 10.2 Å². The zero-order valence-corrected chi connectivity index (χ0v) is 17.0. The quantitative estimate of drug-likeness (QED) is 0.718. The highest BCUT2D eigenvalue weighted by atomic mass is 16.2. The van der Waals surface area contributed by atoms with Crippen molar-refractivity contribution in [2.75, 3.05) is 32.7 Å². The number of piperidine rings is 1. The summed E-state index contributed by atoms with van der Waals surface area (Å²) in [7, 11) is 0. The Balaban J connectivity index is 1.18. The van der Waals surface area contributed by atoms with E-state index in [9.17, 15) is 14.4 Å². The molecular formula is C24H27N3O3. The molecule has 0 aromatic heterocycles. The highest BCUT2D eigenvalue weighted by molar-refractivity contribution is 6.22. The van der Waals surface area contributed by atoms with Crippen molar-refractivity contribution in [1.29, 1.82) is 0 Å². The Morgan fingerprint density at radius 1 is 0.900 bits per heavy atom. The van der Waals surface area contributed by atoms with Gasteiger partial charge in [0.05, 0.1) is 11.1 Å². The van der Waals surface area contributed by atoms with Gasteiger partial charge in [0.2, 0.25) is 5.91 Å². The SMILES string of the molecule is O=C(CN1C(=O)c2ccccc2C1=O)NCC1CCN(CCc2ccccc2)CC1. The van der Waals surface area contributed by atoms with E-state index in [2.05, 4.69) is 34.5 Å². The normalized spacial score (nSPS) is 17.3. The standard InChI is InChI=1S/C24H27N3O3/c28-22(17-27-23(29)20-8-4-5-9-21(20)24(27)30)25-16-19-11-14-26(15-12-19)13-10-18-6-2-1-3-7-18/h1-9,19H,10-17H2,(H,25,28). The number of rotatable bonds is 7. The molecular weight excluding hydrogens is 378 g/mol. The van der Waals surface area contributed by atoms with E-state index in [1.54, 1.807) is 24.3 Å². The first-order valence-electron chi connectivity index (χ1n) is 10.6. The van der Waals surface area contributed by atoms with Gasteiger partial charge in [-0.1, -0.05) is 42.5 Å². The minimum atomic E-state index is -0.391. The van der Waals surface area contributed by atoms with Crippen LogP contribution in [0.5, 0.6) is 0 Å². The zero-order chi connectivity index (χ0) is 20.9. The molecule has 0 aliphatic carbocycles. The van der Waals surface area contributed by atoms with Crippen molar-refractivity contribution < 1.29 is 14.4 Å². The first-order valence-corrected chi connectivity index (χ1v) is 10.6. The summed E-state index contributed by atoms with van der Waals surface area (Å²) in [5.41, 5.74) is 2.11. The summed E-state index contributed by atoms with van der Waals surface area (Å²) in [6, 6.07) is 17.2. The fraction of sp³-hybridized carbons (Fsp3) is 0.375. The van der Waals surface area contributed by atoms with Crippen LogP contribution in [0.2, 0.25) is 0 Å². The Morgan fingerprint density at radius 2 is 1.50 bits per heavy atom. The molecule has 0 bridgehead atoms. The predicted octanol–water partition coefficient (Wildman–Crippen LogP) is 2.35. The van der Waals surface area contributed by atoms with Crippen LogP contribution in [0.4, 0.5) is 0 Å². The van der Waals surface area contributed by atoms with Gasteiger partial charge in [-0.2, -0.15) is 0 Å². The maximum Gasteiger partial charge on any atom is 0.262 e. The van der Waals surface area contributed by atoms with Crippen LogP contribution in [0.25, 0.3) is 0 Å². The lowest BCUT2D eigenvalue weighted by atomic mass is 9.96. The van der Waals surface area contributed by atoms with Crippen molar-refractivity contribution in [2.45, 2.75) is 19.3 Å². The molecule has 4 rings (SSSR count). The number of carbonyl (C=O) groups is 3. The molecule has 6 heteroatoms. The summed E-state index contributed by atoms with van der Waals surface area (Å²) in [6.07, 6.45) is 3.15. The van der Waals surface area contributed by atoms with Gasteiger partial charge in [0.15, 0.2) is 0 Å². The average Bonchev–Trinajstić information content (AvgIpc) is 3.03. The van der Waals surface area contributed by atoms with Crippen LogP contribution in [-0.4, -0.2) is 60.2 Å². The molecule has 2 aromatic rings. The van der Waals surface area contributed by atoms with Crippen LogP contribution in [0, 0.1) is 5.92 Å². The summed E-state index contributed by atoms with van der Waals surface area (Å²) in [6.45, 7) is 3.50. The van der Waals surface area contributed by atoms with E-state index in [4.69, 9.17) is 0 Å². The van der Waals surface area contributed by atoms with Crippen LogP contribution in [-0.2, 0) is 11.2 Å². The summed E-state index contributed by atoms with van der Waals surface area (Å²) >= 11 is 0. The molecule has 30 heavy (non-hydrogen) atoms. The number of imide groups is 1. The summed E-state index contributed by atoms with van der Waals surface area (Å²) < 4.78 is 0. The van der Waals surface area contributed by atoms with Gasteiger partial charge >= 0.3 is 0 Å². The second-order valence-corrected chi connectivity index (χ2v) is 8.07. The van der Waals surface area contributed by atoms with Crippen molar-refractivity contribution in [1.82, 2.24) is 15.1 Å². The number of amides is 3. The third-order valence-electron chi connectivity index (χ3n) is 6.03. The number of nitrogens with one attached hydrogen (secondary N) is 1. The van der Waals surface area contributed by atoms with Crippen molar-refractivity contribution in [3.8, 4) is 0 Å². The third kappa shape index (κ3) is 4.60. The number of carbonyl (C=O) groups excluding carboxylic acids is 3. The average molecular weight is 405 g/mol. The van der Waals surface area contributed by atoms with Crippen LogP contribution >= 0.6 is 0 Å². The van der Waals surface area contributed by atoms with E-state index in [1.807, 2.05) is 6.07 Å². The van der Waals surface area contributed by atoms with Gasteiger partial charge in [-0.3, -0.25) is 19.3 Å². The molecule has 0 unspecified atom stereocenters. The Morgan fingerprint density at radius 3 is 2.13 bits per heavy atom. The van der Waals surface area contributed by atoms with E-state index < -0.39 is 11.8 Å². The van der Waals surface area contributed by atoms with Crippen molar-refractivity contribution in [3.05, 3.63) is 71.3 Å². The Bertz CT molecular complexity index is 885. The van der Waals surface area contributed by atoms with E-state index >= 15 is 0 Å². The predicted molar refractivity (Wildman–Crippen MR) is 114 cm³/mol. The number of benzene rings is 2. The lowest BCUT2D eigenvalue weighted by Gasteiger charge is -2.32. The largest absolute Gasteiger partial charge is 0.354 e. The highest BCUT2D eigenvalue weighted by Gasteiger charge is 2.36. The fourth-order valence-electron chi connectivity index (χ4n) is 4.19. The van der Waals surface area contributed by atoms with Crippen LogP contribution < -0.4 is 5.32 Å². The molecule has 0 saturated carbocycles. The van der Waals surface area contributed by atoms with E-state index in [1.165, 1.54) is 5.56 Å². The Hall–Kier alpha value is -2.99. The number of hydrogen-bond acceptors (Lipinski definition) is 4. The van der Waals surface area contributed by atoms with Gasteiger partial charge in [0, 0.05) is 13.1 Å². The number of hydrogen-bond donors (Lipinski definition) is 1. The van der Waals surface area contributed by atoms with Gasteiger partial charge in [0.25, 0.3) is 11.8 Å². The molecule has 1 N–H and O–H groups in total. The van der Waals surface area contributed by atoms with Gasteiger partial charge in [-0.05, 0) is 56.0 Å². The van der Waals surface area contributed by atoms with Gasteiger partial charge in [0.1, 0.15) is 6.54 Å². The second-order valence-electron chi connectivity index (χ2n) is 8.07. The van der Waals surface area contributed by atoms with Gasteiger partial charge in [-0.15, -0.1) is 0 Å². The molecule has 3 amide bonds. The molecule has 0 spiro atoms. The third-order valence-corrected chi connectivity index (χ3v) is 6.03. The maximum atomic E-state index is 12.4. The summed E-state index contributed by atoms with van der Waals surface area (Å²) in [4.78, 5) is 40.6. The second kappa shape index (κ2) is 9.22. The topological polar surface area (TPSA) is 69.7 Å². The van der Waals surface area contributed by atoms with Crippen LogP contribution in [0.3, 0.4) is 0 Å². The van der Waals surface area contributed by atoms with E-state index in [0.717, 1.165) is 43.8 Å². The summed E-state index contributed by atoms with van der Waals surface area (Å²) in [5, 5.41) is 2.92. The lowest BCUT2D eigenvalue weighted by molar-refractivity contribution is -0.121. The number of fused-ring (bicyclic) bond motifs is 1. The Labute approximate surface area is 176 Å². The number of nitrogens with zero attached hydrogens (tertiary/aromatic N) is 2. The molecule has 1 fully saturated rings. The first kappa shape index (κ1) is 20.3. The molecule has 1 saturated heterocycles. The maximum absolute atomic E-state index is 12.4. The van der Waals surface area contributed by atoms with Crippen LogP contribution in [0.1, 0.15) is 39.1 Å².